The summed E-state index contributed by atoms with van der Waals surface area (Å²) in [5.41, 5.74) is 0.939. The number of hydrogen-bond acceptors (Lipinski definition) is 2. The molecule has 0 saturated carbocycles. The predicted molar refractivity (Wildman–Crippen MR) is 78.3 cm³/mol. The summed E-state index contributed by atoms with van der Waals surface area (Å²) in [5.74, 6) is -0.107. The number of piperazine rings is 1. The average Bonchev–Trinajstić information content (AvgIpc) is 2.40. The molecule has 1 aliphatic rings. The Morgan fingerprint density at radius 2 is 2.10 bits per heavy atom. The van der Waals surface area contributed by atoms with E-state index in [2.05, 4.69) is 5.32 Å². The topological polar surface area (TPSA) is 49.4 Å². The van der Waals surface area contributed by atoms with Gasteiger partial charge in [-0.2, -0.15) is 0 Å². The molecule has 1 fully saturated rings. The van der Waals surface area contributed by atoms with Gasteiger partial charge in [-0.3, -0.25) is 9.59 Å². The van der Waals surface area contributed by atoms with Gasteiger partial charge < -0.3 is 10.2 Å². The Kier molecular flexibility index (Phi) is 4.65. The highest BCUT2D eigenvalue weighted by molar-refractivity contribution is 6.30. The van der Waals surface area contributed by atoms with Crippen LogP contribution in [0.2, 0.25) is 5.02 Å². The highest BCUT2D eigenvalue weighted by atomic mass is 35.5. The second-order valence-corrected chi connectivity index (χ2v) is 5.57. The van der Waals surface area contributed by atoms with Crippen LogP contribution >= 0.6 is 11.6 Å². The van der Waals surface area contributed by atoms with Crippen molar-refractivity contribution in [3.8, 4) is 0 Å². The zero-order valence-electron chi connectivity index (χ0n) is 11.7. The maximum Gasteiger partial charge on any atom is 0.245 e. The van der Waals surface area contributed by atoms with Gasteiger partial charge >= 0.3 is 0 Å². The molecule has 2 unspecified atom stereocenters. The minimum Gasteiger partial charge on any atom is -0.343 e. The first-order valence-electron chi connectivity index (χ1n) is 6.88. The highest BCUT2D eigenvalue weighted by Crippen LogP contribution is 2.20. The molecule has 0 aromatic heterocycles. The van der Waals surface area contributed by atoms with E-state index in [1.807, 2.05) is 25.1 Å². The summed E-state index contributed by atoms with van der Waals surface area (Å²) in [4.78, 5) is 26.1. The van der Waals surface area contributed by atoms with Crippen molar-refractivity contribution in [2.45, 2.75) is 45.3 Å². The molecule has 2 rings (SSSR count). The number of benzene rings is 1. The minimum atomic E-state index is -0.463. The average molecular weight is 295 g/mol. The number of nitrogens with one attached hydrogen (secondary N) is 1. The fraction of sp³-hybridized carbons (Fsp3) is 0.467. The Bertz CT molecular complexity index is 518. The Morgan fingerprint density at radius 1 is 1.35 bits per heavy atom. The summed E-state index contributed by atoms with van der Waals surface area (Å²) in [5, 5.41) is 3.37. The Labute approximate surface area is 124 Å². The Balaban J connectivity index is 2.23. The molecule has 108 valence electrons. The fourth-order valence-electron chi connectivity index (χ4n) is 2.50. The van der Waals surface area contributed by atoms with Crippen molar-refractivity contribution < 1.29 is 9.59 Å². The maximum absolute atomic E-state index is 12.3. The van der Waals surface area contributed by atoms with Crippen LogP contribution in [0, 0.1) is 0 Å². The van der Waals surface area contributed by atoms with Gasteiger partial charge in [0.05, 0.1) is 0 Å². The summed E-state index contributed by atoms with van der Waals surface area (Å²) >= 11 is 5.97. The van der Waals surface area contributed by atoms with Gasteiger partial charge in [-0.05, 0) is 31.0 Å². The van der Waals surface area contributed by atoms with Gasteiger partial charge in [-0.1, -0.05) is 37.1 Å². The van der Waals surface area contributed by atoms with Gasteiger partial charge in [-0.25, -0.2) is 0 Å². The first-order valence-corrected chi connectivity index (χ1v) is 7.26. The molecule has 1 saturated heterocycles. The van der Waals surface area contributed by atoms with Gasteiger partial charge in [-0.15, -0.1) is 0 Å². The zero-order chi connectivity index (χ0) is 14.7. The van der Waals surface area contributed by atoms with Crippen molar-refractivity contribution in [1.82, 2.24) is 10.2 Å². The fourth-order valence-corrected chi connectivity index (χ4v) is 2.71. The van der Waals surface area contributed by atoms with Gasteiger partial charge in [0.25, 0.3) is 0 Å². The molecule has 1 N–H and O–H groups in total. The van der Waals surface area contributed by atoms with E-state index in [0.717, 1.165) is 12.0 Å². The highest BCUT2D eigenvalue weighted by Gasteiger charge is 2.37. The third-order valence-electron chi connectivity index (χ3n) is 3.50. The summed E-state index contributed by atoms with van der Waals surface area (Å²) < 4.78 is 0. The lowest BCUT2D eigenvalue weighted by Crippen LogP contribution is -2.61. The molecule has 2 amide bonds. The predicted octanol–water partition coefficient (Wildman–Crippen LogP) is 2.36. The summed E-state index contributed by atoms with van der Waals surface area (Å²) in [6.07, 6.45) is 1.52. The van der Waals surface area contributed by atoms with E-state index in [0.29, 0.717) is 18.0 Å². The molecular weight excluding hydrogens is 276 g/mol. The van der Waals surface area contributed by atoms with Crippen LogP contribution < -0.4 is 5.32 Å². The van der Waals surface area contributed by atoms with Gasteiger partial charge in [0.1, 0.15) is 12.1 Å². The first-order chi connectivity index (χ1) is 9.52. The number of hydrogen-bond donors (Lipinski definition) is 1. The van der Waals surface area contributed by atoms with Crippen LogP contribution in [0.3, 0.4) is 0 Å². The van der Waals surface area contributed by atoms with Crippen molar-refractivity contribution in [3.05, 3.63) is 34.9 Å². The number of nitrogens with zero attached hydrogens (tertiary/aromatic N) is 1. The number of halogens is 1. The maximum atomic E-state index is 12.3. The van der Waals surface area contributed by atoms with Crippen molar-refractivity contribution in [1.29, 1.82) is 0 Å². The van der Waals surface area contributed by atoms with E-state index in [1.165, 1.54) is 0 Å². The molecule has 1 aromatic carbocycles. The molecule has 1 aromatic rings. The minimum absolute atomic E-state index is 0.0389. The monoisotopic (exact) mass is 294 g/mol. The van der Waals surface area contributed by atoms with Crippen LogP contribution in [-0.2, 0) is 16.1 Å². The van der Waals surface area contributed by atoms with Crippen molar-refractivity contribution in [3.63, 3.8) is 0 Å². The molecule has 20 heavy (non-hydrogen) atoms. The number of rotatable bonds is 4. The SMILES string of the molecule is CCCC1C(=O)NC(C)C(=O)N1Cc1cccc(Cl)c1. The second-order valence-electron chi connectivity index (χ2n) is 5.13. The van der Waals surface area contributed by atoms with Crippen LogP contribution in [0.15, 0.2) is 24.3 Å². The lowest BCUT2D eigenvalue weighted by atomic mass is 10.0. The second kappa shape index (κ2) is 6.27. The molecule has 5 heteroatoms. The van der Waals surface area contributed by atoms with E-state index >= 15 is 0 Å². The molecule has 2 atom stereocenters. The smallest absolute Gasteiger partial charge is 0.245 e. The first kappa shape index (κ1) is 14.9. The lowest BCUT2D eigenvalue weighted by Gasteiger charge is -2.38. The van der Waals surface area contributed by atoms with Crippen molar-refractivity contribution >= 4 is 23.4 Å². The normalized spacial score (nSPS) is 22.9. The van der Waals surface area contributed by atoms with E-state index in [-0.39, 0.29) is 17.9 Å². The van der Waals surface area contributed by atoms with Gasteiger partial charge in [0.2, 0.25) is 11.8 Å². The summed E-state index contributed by atoms with van der Waals surface area (Å²) in [7, 11) is 0. The molecular formula is C15H19ClN2O2. The molecule has 0 bridgehead atoms. The van der Waals surface area contributed by atoms with Crippen LogP contribution in [-0.4, -0.2) is 28.8 Å². The zero-order valence-corrected chi connectivity index (χ0v) is 12.5. The third-order valence-corrected chi connectivity index (χ3v) is 3.73. The van der Waals surface area contributed by atoms with E-state index in [9.17, 15) is 9.59 Å². The van der Waals surface area contributed by atoms with Crippen LogP contribution in [0.1, 0.15) is 32.3 Å². The molecule has 0 radical (unpaired) electrons. The van der Waals surface area contributed by atoms with Gasteiger partial charge in [0.15, 0.2) is 0 Å². The third kappa shape index (κ3) is 3.12. The Morgan fingerprint density at radius 3 is 2.75 bits per heavy atom. The summed E-state index contributed by atoms with van der Waals surface area (Å²) in [6.45, 7) is 4.14. The molecule has 0 aliphatic carbocycles. The molecule has 1 heterocycles. The Hall–Kier alpha value is -1.55. The van der Waals surface area contributed by atoms with Crippen LogP contribution in [0.5, 0.6) is 0 Å². The molecule has 4 nitrogen and oxygen atoms in total. The van der Waals surface area contributed by atoms with Crippen LogP contribution in [0.4, 0.5) is 0 Å². The number of carbonyl (C=O) groups excluding carboxylic acids is 2. The van der Waals surface area contributed by atoms with E-state index < -0.39 is 6.04 Å². The number of carbonyl (C=O) groups is 2. The molecule has 0 spiro atoms. The van der Waals surface area contributed by atoms with E-state index in [1.54, 1.807) is 17.9 Å². The van der Waals surface area contributed by atoms with Gasteiger partial charge in [0, 0.05) is 11.6 Å². The largest absolute Gasteiger partial charge is 0.343 e. The quantitative estimate of drug-likeness (QED) is 0.927. The molecule has 1 aliphatic heterocycles. The van der Waals surface area contributed by atoms with E-state index in [4.69, 9.17) is 11.6 Å². The standard InChI is InChI=1S/C15H19ClN2O2/c1-3-5-13-14(19)17-10(2)15(20)18(13)9-11-6-4-7-12(16)8-11/h4,6-8,10,13H,3,5,9H2,1-2H3,(H,17,19). The number of amides is 2. The summed E-state index contributed by atoms with van der Waals surface area (Å²) in [6, 6.07) is 6.54. The lowest BCUT2D eigenvalue weighted by molar-refractivity contribution is -0.149. The van der Waals surface area contributed by atoms with Crippen molar-refractivity contribution in [2.24, 2.45) is 0 Å². The van der Waals surface area contributed by atoms with Crippen molar-refractivity contribution in [2.75, 3.05) is 0 Å². The van der Waals surface area contributed by atoms with Crippen LogP contribution in [0.25, 0.3) is 0 Å².